The Bertz CT molecular complexity index is 1090. The highest BCUT2D eigenvalue weighted by Crippen LogP contribution is 2.29. The molecule has 0 saturated carbocycles. The van der Waals surface area contributed by atoms with Crippen molar-refractivity contribution in [1.82, 2.24) is 10.2 Å². The normalized spacial score (nSPS) is 13.0. The van der Waals surface area contributed by atoms with Crippen molar-refractivity contribution >= 4 is 43.5 Å². The molecule has 0 aromatic heterocycles. The van der Waals surface area contributed by atoms with Gasteiger partial charge in [0.25, 0.3) is 0 Å². The van der Waals surface area contributed by atoms with E-state index in [2.05, 4.69) is 21.2 Å². The number of methoxy groups -OCH3 is 1. The Hall–Kier alpha value is -2.59. The van der Waals surface area contributed by atoms with Crippen molar-refractivity contribution in [3.63, 3.8) is 0 Å². The van der Waals surface area contributed by atoms with Crippen molar-refractivity contribution in [2.75, 3.05) is 24.2 Å². The fourth-order valence-electron chi connectivity index (χ4n) is 3.27. The van der Waals surface area contributed by atoms with Gasteiger partial charge in [-0.3, -0.25) is 13.9 Å². The number of halogens is 1. The summed E-state index contributed by atoms with van der Waals surface area (Å²) in [5, 5.41) is 2.90. The molecule has 10 heteroatoms. The van der Waals surface area contributed by atoms with Crippen molar-refractivity contribution in [3.8, 4) is 5.75 Å². The first kappa shape index (κ1) is 27.7. The van der Waals surface area contributed by atoms with Crippen LogP contribution in [0.2, 0.25) is 0 Å². The number of hydrogen-bond donors (Lipinski definition) is 1. The molecule has 8 nitrogen and oxygen atoms in total. The van der Waals surface area contributed by atoms with E-state index in [1.807, 2.05) is 38.1 Å². The summed E-state index contributed by atoms with van der Waals surface area (Å²) < 4.78 is 32.5. The first-order chi connectivity index (χ1) is 16.0. The molecule has 0 radical (unpaired) electrons. The molecule has 0 aliphatic heterocycles. The first-order valence-electron chi connectivity index (χ1n) is 10.9. The molecule has 186 valence electrons. The van der Waals surface area contributed by atoms with Gasteiger partial charge in [0.05, 0.1) is 19.1 Å². The van der Waals surface area contributed by atoms with Crippen LogP contribution in [0.15, 0.2) is 53.0 Å². The second-order valence-corrected chi connectivity index (χ2v) is 10.9. The Morgan fingerprint density at radius 1 is 1.09 bits per heavy atom. The number of rotatable bonds is 11. The van der Waals surface area contributed by atoms with Gasteiger partial charge in [-0.15, -0.1) is 0 Å². The van der Waals surface area contributed by atoms with Gasteiger partial charge in [0.1, 0.15) is 18.3 Å². The van der Waals surface area contributed by atoms with E-state index >= 15 is 0 Å². The van der Waals surface area contributed by atoms with Gasteiger partial charge in [0.2, 0.25) is 21.8 Å². The highest BCUT2D eigenvalue weighted by Gasteiger charge is 2.31. The van der Waals surface area contributed by atoms with E-state index in [4.69, 9.17) is 4.74 Å². The molecule has 0 unspecified atom stereocenters. The topological polar surface area (TPSA) is 96.0 Å². The van der Waals surface area contributed by atoms with Crippen LogP contribution in [0.4, 0.5) is 5.69 Å². The fourth-order valence-corrected chi connectivity index (χ4v) is 4.38. The second kappa shape index (κ2) is 12.2. The van der Waals surface area contributed by atoms with Crippen LogP contribution >= 0.6 is 15.9 Å². The average molecular weight is 555 g/mol. The molecule has 0 saturated heterocycles. The maximum atomic E-state index is 13.5. The fraction of sp³-hybridized carbons (Fsp3) is 0.417. The molecule has 0 bridgehead atoms. The van der Waals surface area contributed by atoms with Crippen molar-refractivity contribution in [3.05, 3.63) is 58.6 Å². The maximum absolute atomic E-state index is 13.5. The lowest BCUT2D eigenvalue weighted by Gasteiger charge is -2.32. The summed E-state index contributed by atoms with van der Waals surface area (Å²) in [7, 11) is -2.39. The average Bonchev–Trinajstić information content (AvgIpc) is 2.80. The van der Waals surface area contributed by atoms with E-state index in [0.29, 0.717) is 5.75 Å². The van der Waals surface area contributed by atoms with Gasteiger partial charge >= 0.3 is 0 Å². The van der Waals surface area contributed by atoms with Gasteiger partial charge in [0.15, 0.2) is 0 Å². The van der Waals surface area contributed by atoms with E-state index in [-0.39, 0.29) is 24.2 Å². The summed E-state index contributed by atoms with van der Waals surface area (Å²) in [5.41, 5.74) is 1.06. The molecule has 0 aliphatic carbocycles. The van der Waals surface area contributed by atoms with E-state index < -0.39 is 28.5 Å². The Morgan fingerprint density at radius 2 is 1.71 bits per heavy atom. The lowest BCUT2D eigenvalue weighted by Crippen LogP contribution is -2.52. The minimum atomic E-state index is -3.83. The molecule has 2 aromatic carbocycles. The highest BCUT2D eigenvalue weighted by atomic mass is 79.9. The number of hydrogen-bond acceptors (Lipinski definition) is 5. The monoisotopic (exact) mass is 553 g/mol. The lowest BCUT2D eigenvalue weighted by atomic mass is 10.1. The van der Waals surface area contributed by atoms with Crippen LogP contribution in [0.5, 0.6) is 5.75 Å². The lowest BCUT2D eigenvalue weighted by molar-refractivity contribution is -0.139. The quantitative estimate of drug-likeness (QED) is 0.459. The number of benzene rings is 2. The minimum absolute atomic E-state index is 0.0549. The second-order valence-electron chi connectivity index (χ2n) is 8.08. The number of carbonyl (C=O) groups excluding carboxylic acids is 2. The van der Waals surface area contributed by atoms with Gasteiger partial charge in [-0.2, -0.15) is 0 Å². The molecule has 2 atom stereocenters. The van der Waals surface area contributed by atoms with Gasteiger partial charge in [0, 0.05) is 17.1 Å². The van der Waals surface area contributed by atoms with Crippen molar-refractivity contribution in [1.29, 1.82) is 0 Å². The standard InChI is InChI=1S/C24H32BrN3O5S/c1-6-17(2)26-24(30)18(3)27(15-19-11-13-20(25)14-12-19)23(29)16-28(34(5,31)32)21-9-7-8-10-22(21)33-4/h7-14,17-18H,6,15-16H2,1-5H3,(H,26,30)/t17-,18+/m0/s1. The van der Waals surface area contributed by atoms with E-state index in [0.717, 1.165) is 27.0 Å². The SMILES string of the molecule is CC[C@H](C)NC(=O)[C@@H](C)N(Cc1ccc(Br)cc1)C(=O)CN(c1ccccc1OC)S(C)(=O)=O. The molecule has 34 heavy (non-hydrogen) atoms. The van der Waals surface area contributed by atoms with E-state index in [9.17, 15) is 18.0 Å². The van der Waals surface area contributed by atoms with Crippen LogP contribution in [0.25, 0.3) is 0 Å². The van der Waals surface area contributed by atoms with Crippen molar-refractivity contribution in [2.45, 2.75) is 45.8 Å². The number of anilines is 1. The predicted molar refractivity (Wildman–Crippen MR) is 137 cm³/mol. The summed E-state index contributed by atoms with van der Waals surface area (Å²) in [4.78, 5) is 27.8. The van der Waals surface area contributed by atoms with Gasteiger partial charge < -0.3 is 15.0 Å². The number of carbonyl (C=O) groups is 2. The number of nitrogens with zero attached hydrogens (tertiary/aromatic N) is 2. The molecule has 0 heterocycles. The molecule has 0 aliphatic rings. The van der Waals surface area contributed by atoms with Crippen molar-refractivity contribution in [2.24, 2.45) is 0 Å². The van der Waals surface area contributed by atoms with Gasteiger partial charge in [-0.1, -0.05) is 47.1 Å². The van der Waals surface area contributed by atoms with Crippen LogP contribution in [0.3, 0.4) is 0 Å². The minimum Gasteiger partial charge on any atom is -0.495 e. The Morgan fingerprint density at radius 3 is 2.26 bits per heavy atom. The third-order valence-electron chi connectivity index (χ3n) is 5.47. The third-order valence-corrected chi connectivity index (χ3v) is 7.12. The van der Waals surface area contributed by atoms with E-state index in [1.54, 1.807) is 31.2 Å². The molecule has 2 rings (SSSR count). The Balaban J connectivity index is 2.41. The number of ether oxygens (including phenoxy) is 1. The van der Waals surface area contributed by atoms with Crippen LogP contribution < -0.4 is 14.4 Å². The summed E-state index contributed by atoms with van der Waals surface area (Å²) in [6, 6.07) is 13.1. The predicted octanol–water partition coefficient (Wildman–Crippen LogP) is 3.56. The number of sulfonamides is 1. The van der Waals surface area contributed by atoms with Gasteiger partial charge in [-0.25, -0.2) is 8.42 Å². The van der Waals surface area contributed by atoms with Crippen LogP contribution in [-0.4, -0.2) is 57.1 Å². The zero-order valence-corrected chi connectivity index (χ0v) is 22.5. The molecule has 0 fully saturated rings. The largest absolute Gasteiger partial charge is 0.495 e. The molecule has 2 aromatic rings. The zero-order valence-electron chi connectivity index (χ0n) is 20.1. The smallest absolute Gasteiger partial charge is 0.244 e. The van der Waals surface area contributed by atoms with Crippen LogP contribution in [0, 0.1) is 0 Å². The van der Waals surface area contributed by atoms with Crippen LogP contribution in [-0.2, 0) is 26.2 Å². The molecule has 2 amide bonds. The first-order valence-corrected chi connectivity index (χ1v) is 13.6. The van der Waals surface area contributed by atoms with E-state index in [1.165, 1.54) is 12.0 Å². The summed E-state index contributed by atoms with van der Waals surface area (Å²) in [6.07, 6.45) is 1.78. The van der Waals surface area contributed by atoms with Crippen LogP contribution in [0.1, 0.15) is 32.8 Å². The Labute approximate surface area is 210 Å². The highest BCUT2D eigenvalue weighted by molar-refractivity contribution is 9.10. The number of nitrogens with one attached hydrogen (secondary N) is 1. The molecular weight excluding hydrogens is 522 g/mol. The van der Waals surface area contributed by atoms with Crippen molar-refractivity contribution < 1.29 is 22.7 Å². The molecule has 1 N–H and O–H groups in total. The van der Waals surface area contributed by atoms with Gasteiger partial charge in [-0.05, 0) is 50.1 Å². The summed E-state index contributed by atoms with van der Waals surface area (Å²) in [6.45, 7) is 5.15. The molecular formula is C24H32BrN3O5S. The summed E-state index contributed by atoms with van der Waals surface area (Å²) >= 11 is 3.39. The number of amides is 2. The zero-order chi connectivity index (χ0) is 25.5. The molecule has 0 spiro atoms. The Kier molecular flexibility index (Phi) is 9.93. The summed E-state index contributed by atoms with van der Waals surface area (Å²) in [5.74, 6) is -0.489. The number of para-hydroxylation sites is 2. The third kappa shape index (κ3) is 7.46. The maximum Gasteiger partial charge on any atom is 0.244 e.